The highest BCUT2D eigenvalue weighted by Crippen LogP contribution is 2.33. The summed E-state index contributed by atoms with van der Waals surface area (Å²) in [5.74, 6) is -0.207. The summed E-state index contributed by atoms with van der Waals surface area (Å²) in [4.78, 5) is 4.70. The number of hydrogen-bond donors (Lipinski definition) is 0. The van der Waals surface area contributed by atoms with Crippen LogP contribution in [0.15, 0.2) is 60.8 Å². The fraction of sp³-hybridized carbons (Fsp3) is 0.174. The number of aromatic nitrogens is 2. The van der Waals surface area contributed by atoms with E-state index in [4.69, 9.17) is 4.98 Å². The van der Waals surface area contributed by atoms with Gasteiger partial charge in [-0.1, -0.05) is 42.0 Å². The van der Waals surface area contributed by atoms with E-state index in [1.165, 1.54) is 34.3 Å². The van der Waals surface area contributed by atoms with Gasteiger partial charge in [0.25, 0.3) is 0 Å². The average molecular weight is 344 g/mol. The van der Waals surface area contributed by atoms with Crippen LogP contribution in [-0.4, -0.2) is 9.55 Å². The summed E-state index contributed by atoms with van der Waals surface area (Å²) in [7, 11) is 0. The number of hydrogen-bond acceptors (Lipinski definition) is 1. The highest BCUT2D eigenvalue weighted by Gasteiger charge is 2.16. The number of halogens is 1. The van der Waals surface area contributed by atoms with Crippen molar-refractivity contribution < 1.29 is 4.39 Å². The lowest BCUT2D eigenvalue weighted by Crippen LogP contribution is -2.03. The van der Waals surface area contributed by atoms with Gasteiger partial charge in [0.05, 0.1) is 11.2 Å². The van der Waals surface area contributed by atoms with Crippen molar-refractivity contribution in [2.24, 2.45) is 0 Å². The number of fused-ring (bicyclic) bond motifs is 1. The Morgan fingerprint density at radius 2 is 1.58 bits per heavy atom. The summed E-state index contributed by atoms with van der Waals surface area (Å²) in [6.07, 6.45) is 1.88. The summed E-state index contributed by atoms with van der Waals surface area (Å²) in [5, 5.41) is 1.22. The van der Waals surface area contributed by atoms with Crippen LogP contribution in [0.5, 0.6) is 0 Å². The van der Waals surface area contributed by atoms with Gasteiger partial charge >= 0.3 is 0 Å². The van der Waals surface area contributed by atoms with Crippen LogP contribution < -0.4 is 0 Å². The molecule has 0 aliphatic carbocycles. The molecule has 0 spiro atoms. The fourth-order valence-electron chi connectivity index (χ4n) is 3.49. The molecule has 4 aromatic rings. The maximum Gasteiger partial charge on any atom is 0.123 e. The number of rotatable bonds is 3. The second-order valence-electron chi connectivity index (χ2n) is 6.84. The molecular formula is C23H21FN2. The Labute approximate surface area is 152 Å². The van der Waals surface area contributed by atoms with E-state index in [0.717, 1.165) is 22.3 Å². The van der Waals surface area contributed by atoms with Gasteiger partial charge in [-0.15, -0.1) is 0 Å². The zero-order valence-electron chi connectivity index (χ0n) is 15.3. The zero-order valence-corrected chi connectivity index (χ0v) is 15.3. The lowest BCUT2D eigenvalue weighted by molar-refractivity contribution is 0.626. The van der Waals surface area contributed by atoms with E-state index in [-0.39, 0.29) is 5.82 Å². The van der Waals surface area contributed by atoms with Crippen LogP contribution in [0.25, 0.3) is 22.2 Å². The third-order valence-electron chi connectivity index (χ3n) is 5.12. The first kappa shape index (κ1) is 16.5. The molecule has 2 aromatic carbocycles. The number of pyridine rings is 1. The molecule has 0 aliphatic heterocycles. The standard InChI is InChI=1S/C23H21FN2/c1-15-4-8-19(9-5-15)22-23-21(12-13-25-22)16(2)17(3)26(23)14-18-6-10-20(24)11-7-18/h4-13H,14H2,1-3H3. The fourth-order valence-corrected chi connectivity index (χ4v) is 3.49. The summed E-state index contributed by atoms with van der Waals surface area (Å²) in [6, 6.07) is 17.3. The van der Waals surface area contributed by atoms with Crippen LogP contribution in [0, 0.1) is 26.6 Å². The number of benzene rings is 2. The van der Waals surface area contributed by atoms with E-state index in [2.05, 4.69) is 55.7 Å². The van der Waals surface area contributed by atoms with Crippen molar-refractivity contribution in [3.8, 4) is 11.3 Å². The molecule has 0 amide bonds. The molecule has 2 aromatic heterocycles. The third kappa shape index (κ3) is 2.80. The Balaban J connectivity index is 1.93. The maximum absolute atomic E-state index is 13.3. The minimum atomic E-state index is -0.207. The quantitative estimate of drug-likeness (QED) is 0.458. The second-order valence-corrected chi connectivity index (χ2v) is 6.84. The maximum atomic E-state index is 13.3. The number of nitrogens with zero attached hydrogens (tertiary/aromatic N) is 2. The molecule has 0 aliphatic rings. The van der Waals surface area contributed by atoms with Crippen LogP contribution in [0.2, 0.25) is 0 Å². The molecule has 26 heavy (non-hydrogen) atoms. The molecule has 0 radical (unpaired) electrons. The molecule has 2 nitrogen and oxygen atoms in total. The highest BCUT2D eigenvalue weighted by molar-refractivity contribution is 5.95. The molecule has 0 atom stereocenters. The predicted molar refractivity (Wildman–Crippen MR) is 105 cm³/mol. The van der Waals surface area contributed by atoms with Gasteiger partial charge < -0.3 is 4.57 Å². The topological polar surface area (TPSA) is 17.8 Å². The lowest BCUT2D eigenvalue weighted by Gasteiger charge is -2.12. The van der Waals surface area contributed by atoms with E-state index in [9.17, 15) is 4.39 Å². The van der Waals surface area contributed by atoms with Crippen LogP contribution in [-0.2, 0) is 6.54 Å². The van der Waals surface area contributed by atoms with Gasteiger partial charge in [0.15, 0.2) is 0 Å². The van der Waals surface area contributed by atoms with Gasteiger partial charge in [0.1, 0.15) is 5.82 Å². The molecule has 4 rings (SSSR count). The van der Waals surface area contributed by atoms with Gasteiger partial charge in [-0.2, -0.15) is 0 Å². The van der Waals surface area contributed by atoms with Crippen LogP contribution in [0.4, 0.5) is 4.39 Å². The van der Waals surface area contributed by atoms with E-state index < -0.39 is 0 Å². The van der Waals surface area contributed by atoms with Crippen LogP contribution in [0.3, 0.4) is 0 Å². The molecule has 0 saturated heterocycles. The first-order chi connectivity index (χ1) is 12.5. The summed E-state index contributed by atoms with van der Waals surface area (Å²) >= 11 is 0. The molecule has 0 bridgehead atoms. The Bertz CT molecular complexity index is 1070. The van der Waals surface area contributed by atoms with Gasteiger partial charge in [0.2, 0.25) is 0 Å². The van der Waals surface area contributed by atoms with E-state index in [0.29, 0.717) is 6.54 Å². The van der Waals surface area contributed by atoms with Crippen LogP contribution in [0.1, 0.15) is 22.4 Å². The SMILES string of the molecule is Cc1ccc(-c2nccc3c(C)c(C)n(Cc4ccc(F)cc4)c23)cc1. The van der Waals surface area contributed by atoms with E-state index in [1.807, 2.05) is 18.3 Å². The molecule has 2 heterocycles. The third-order valence-corrected chi connectivity index (χ3v) is 5.12. The summed E-state index contributed by atoms with van der Waals surface area (Å²) in [6.45, 7) is 7.07. The van der Waals surface area contributed by atoms with E-state index >= 15 is 0 Å². The van der Waals surface area contributed by atoms with Crippen molar-refractivity contribution in [3.05, 3.63) is 89.0 Å². The molecule has 0 saturated carbocycles. The van der Waals surface area contributed by atoms with Crippen molar-refractivity contribution in [1.29, 1.82) is 0 Å². The zero-order chi connectivity index (χ0) is 18.3. The van der Waals surface area contributed by atoms with Gasteiger partial charge in [-0.05, 0) is 50.1 Å². The normalized spacial score (nSPS) is 11.2. The summed E-state index contributed by atoms with van der Waals surface area (Å²) < 4.78 is 15.6. The largest absolute Gasteiger partial charge is 0.338 e. The minimum Gasteiger partial charge on any atom is -0.338 e. The first-order valence-electron chi connectivity index (χ1n) is 8.80. The smallest absolute Gasteiger partial charge is 0.123 e. The summed E-state index contributed by atoms with van der Waals surface area (Å²) in [5.41, 5.74) is 8.01. The van der Waals surface area contributed by atoms with Gasteiger partial charge in [-0.3, -0.25) is 4.98 Å². The molecule has 0 N–H and O–H groups in total. The van der Waals surface area contributed by atoms with Crippen molar-refractivity contribution in [2.45, 2.75) is 27.3 Å². The molecule has 130 valence electrons. The molecule has 0 unspecified atom stereocenters. The predicted octanol–water partition coefficient (Wildman–Crippen LogP) is 5.82. The van der Waals surface area contributed by atoms with Crippen molar-refractivity contribution in [1.82, 2.24) is 9.55 Å². The molecular weight excluding hydrogens is 323 g/mol. The van der Waals surface area contributed by atoms with Crippen LogP contribution >= 0.6 is 0 Å². The second kappa shape index (κ2) is 6.41. The van der Waals surface area contributed by atoms with Crippen molar-refractivity contribution in [2.75, 3.05) is 0 Å². The molecule has 0 fully saturated rings. The molecule has 3 heteroatoms. The minimum absolute atomic E-state index is 0.207. The van der Waals surface area contributed by atoms with Gasteiger partial charge in [-0.25, -0.2) is 4.39 Å². The Hall–Kier alpha value is -2.94. The monoisotopic (exact) mass is 344 g/mol. The Kier molecular flexibility index (Phi) is 4.08. The first-order valence-corrected chi connectivity index (χ1v) is 8.80. The lowest BCUT2D eigenvalue weighted by atomic mass is 10.1. The Morgan fingerprint density at radius 3 is 2.27 bits per heavy atom. The highest BCUT2D eigenvalue weighted by atomic mass is 19.1. The number of aryl methyl sites for hydroxylation is 2. The van der Waals surface area contributed by atoms with Crippen molar-refractivity contribution in [3.63, 3.8) is 0 Å². The van der Waals surface area contributed by atoms with Gasteiger partial charge in [0, 0.05) is 29.4 Å². The van der Waals surface area contributed by atoms with Crippen molar-refractivity contribution >= 4 is 10.9 Å². The average Bonchev–Trinajstić information content (AvgIpc) is 2.89. The van der Waals surface area contributed by atoms with E-state index in [1.54, 1.807) is 0 Å². The Morgan fingerprint density at radius 1 is 0.885 bits per heavy atom.